The van der Waals surface area contributed by atoms with Gasteiger partial charge in [-0.25, -0.2) is 9.07 Å². The maximum absolute atomic E-state index is 13.3. The van der Waals surface area contributed by atoms with Gasteiger partial charge in [-0.3, -0.25) is 0 Å². The summed E-state index contributed by atoms with van der Waals surface area (Å²) in [4.78, 5) is 0. The van der Waals surface area contributed by atoms with E-state index in [0.29, 0.717) is 19.0 Å². The minimum absolute atomic E-state index is 0.0159. The van der Waals surface area contributed by atoms with Gasteiger partial charge in [0.05, 0.1) is 23.0 Å². The van der Waals surface area contributed by atoms with Crippen LogP contribution in [0.1, 0.15) is 42.4 Å². The highest BCUT2D eigenvalue weighted by Crippen LogP contribution is 2.36. The summed E-state index contributed by atoms with van der Waals surface area (Å²) >= 11 is 0. The normalized spacial score (nSPS) is 19.5. The van der Waals surface area contributed by atoms with Gasteiger partial charge in [-0.2, -0.15) is 13.2 Å². The van der Waals surface area contributed by atoms with Gasteiger partial charge in [0.1, 0.15) is 5.82 Å². The molecule has 2 atom stereocenters. The van der Waals surface area contributed by atoms with E-state index in [0.717, 1.165) is 17.5 Å². The third-order valence-corrected chi connectivity index (χ3v) is 4.13. The Bertz CT molecular complexity index is 723. The second-order valence-corrected chi connectivity index (χ2v) is 5.82. The number of rotatable bonds is 2. The largest absolute Gasteiger partial charge is 0.416 e. The van der Waals surface area contributed by atoms with E-state index in [-0.39, 0.29) is 11.6 Å². The molecule has 23 heavy (non-hydrogen) atoms. The third-order valence-electron chi connectivity index (χ3n) is 4.13. The van der Waals surface area contributed by atoms with Gasteiger partial charge in [-0.15, -0.1) is 5.10 Å². The summed E-state index contributed by atoms with van der Waals surface area (Å²) in [6, 6.07) is 2.24. The summed E-state index contributed by atoms with van der Waals surface area (Å²) in [6.45, 7) is 4.15. The summed E-state index contributed by atoms with van der Waals surface area (Å²) in [6.07, 6.45) is -3.99. The fourth-order valence-corrected chi connectivity index (χ4v) is 2.91. The number of hydrogen-bond acceptors (Lipinski definition) is 3. The molecule has 124 valence electrons. The Morgan fingerprint density at radius 3 is 2.78 bits per heavy atom. The Morgan fingerprint density at radius 2 is 2.09 bits per heavy atom. The van der Waals surface area contributed by atoms with E-state index in [1.54, 1.807) is 6.92 Å². The minimum atomic E-state index is -4.62. The molecule has 0 aliphatic carbocycles. The lowest BCUT2D eigenvalue weighted by Crippen LogP contribution is -2.34. The molecule has 0 spiro atoms. The fourth-order valence-electron chi connectivity index (χ4n) is 2.91. The number of aromatic nitrogens is 3. The van der Waals surface area contributed by atoms with Crippen molar-refractivity contribution in [3.05, 3.63) is 46.5 Å². The number of hydrogen-bond donors (Lipinski definition) is 1. The number of fused-ring (bicyclic) bond motifs is 1. The number of nitrogens with zero attached hydrogens (tertiary/aromatic N) is 3. The number of benzene rings is 1. The summed E-state index contributed by atoms with van der Waals surface area (Å²) in [5.74, 6) is -0.910. The van der Waals surface area contributed by atoms with E-state index < -0.39 is 23.6 Å². The first-order chi connectivity index (χ1) is 10.8. The van der Waals surface area contributed by atoms with Gasteiger partial charge in [-0.1, -0.05) is 11.3 Å². The van der Waals surface area contributed by atoms with E-state index in [1.807, 2.05) is 6.92 Å². The van der Waals surface area contributed by atoms with Crippen molar-refractivity contribution in [3.63, 3.8) is 0 Å². The molecule has 0 saturated carbocycles. The first kappa shape index (κ1) is 15.9. The van der Waals surface area contributed by atoms with Crippen molar-refractivity contribution in [3.8, 4) is 0 Å². The Labute approximate surface area is 130 Å². The molecule has 8 heteroatoms. The van der Waals surface area contributed by atoms with Crippen LogP contribution in [0.4, 0.5) is 17.6 Å². The van der Waals surface area contributed by atoms with Crippen LogP contribution in [0, 0.1) is 5.82 Å². The van der Waals surface area contributed by atoms with Crippen LogP contribution in [0.2, 0.25) is 0 Å². The van der Waals surface area contributed by atoms with E-state index in [2.05, 4.69) is 15.6 Å². The van der Waals surface area contributed by atoms with Crippen LogP contribution in [-0.2, 0) is 19.1 Å². The predicted octanol–water partition coefficient (Wildman–Crippen LogP) is 3.08. The molecule has 0 radical (unpaired) electrons. The maximum Gasteiger partial charge on any atom is 0.416 e. The SMILES string of the molecule is CC(c1ccc(F)cc1C(F)(F)F)n1nnc2c1C[C@@H](C)NC2. The van der Waals surface area contributed by atoms with Crippen molar-refractivity contribution in [1.82, 2.24) is 20.3 Å². The summed E-state index contributed by atoms with van der Waals surface area (Å²) in [5, 5.41) is 11.3. The molecule has 4 nitrogen and oxygen atoms in total. The standard InChI is InChI=1S/C15H16F4N4/c1-8-5-14-13(7-20-8)21-22-23(14)9(2)11-4-3-10(16)6-12(11)15(17,18)19/h3-4,6,8-9,20H,5,7H2,1-2H3/t8-,9?/m1/s1. The zero-order valence-electron chi connectivity index (χ0n) is 12.7. The van der Waals surface area contributed by atoms with E-state index >= 15 is 0 Å². The fraction of sp³-hybridized carbons (Fsp3) is 0.467. The predicted molar refractivity (Wildman–Crippen MR) is 75.2 cm³/mol. The first-order valence-corrected chi connectivity index (χ1v) is 7.30. The van der Waals surface area contributed by atoms with Gasteiger partial charge in [0.2, 0.25) is 0 Å². The van der Waals surface area contributed by atoms with E-state index in [1.165, 1.54) is 10.7 Å². The van der Waals surface area contributed by atoms with Gasteiger partial charge in [0.15, 0.2) is 0 Å². The Kier molecular flexibility index (Phi) is 3.87. The van der Waals surface area contributed by atoms with Crippen molar-refractivity contribution < 1.29 is 17.6 Å². The molecule has 1 aliphatic rings. The van der Waals surface area contributed by atoms with Crippen LogP contribution in [0.25, 0.3) is 0 Å². The van der Waals surface area contributed by atoms with Crippen LogP contribution >= 0.6 is 0 Å². The molecule has 1 N–H and O–H groups in total. The smallest absolute Gasteiger partial charge is 0.308 e. The summed E-state index contributed by atoms with van der Waals surface area (Å²) < 4.78 is 54.4. The van der Waals surface area contributed by atoms with Gasteiger partial charge >= 0.3 is 6.18 Å². The molecule has 0 amide bonds. The zero-order chi connectivity index (χ0) is 16.8. The monoisotopic (exact) mass is 328 g/mol. The quantitative estimate of drug-likeness (QED) is 0.862. The molecule has 1 unspecified atom stereocenters. The summed E-state index contributed by atoms with van der Waals surface area (Å²) in [7, 11) is 0. The topological polar surface area (TPSA) is 42.7 Å². The molecule has 1 aromatic carbocycles. The number of halogens is 4. The van der Waals surface area contributed by atoms with Crippen LogP contribution in [-0.4, -0.2) is 21.0 Å². The maximum atomic E-state index is 13.3. The lowest BCUT2D eigenvalue weighted by Gasteiger charge is -2.24. The lowest BCUT2D eigenvalue weighted by atomic mass is 9.99. The lowest BCUT2D eigenvalue weighted by molar-refractivity contribution is -0.138. The van der Waals surface area contributed by atoms with E-state index in [4.69, 9.17) is 0 Å². The zero-order valence-corrected chi connectivity index (χ0v) is 12.7. The Hall–Kier alpha value is -1.96. The number of alkyl halides is 3. The van der Waals surface area contributed by atoms with Crippen LogP contribution in [0.15, 0.2) is 18.2 Å². The summed E-state index contributed by atoms with van der Waals surface area (Å²) in [5.41, 5.74) is 0.570. The molecule has 0 fully saturated rings. The van der Waals surface area contributed by atoms with Crippen molar-refractivity contribution in [2.75, 3.05) is 0 Å². The molecule has 1 aliphatic heterocycles. The van der Waals surface area contributed by atoms with Crippen LogP contribution in [0.3, 0.4) is 0 Å². The molecule has 2 aromatic rings. The number of nitrogens with one attached hydrogen (secondary N) is 1. The van der Waals surface area contributed by atoms with Crippen molar-refractivity contribution in [2.24, 2.45) is 0 Å². The third kappa shape index (κ3) is 2.95. The minimum Gasteiger partial charge on any atom is -0.308 e. The van der Waals surface area contributed by atoms with Crippen molar-refractivity contribution >= 4 is 0 Å². The second-order valence-electron chi connectivity index (χ2n) is 5.82. The molecule has 1 aromatic heterocycles. The van der Waals surface area contributed by atoms with Crippen LogP contribution in [0.5, 0.6) is 0 Å². The Morgan fingerprint density at radius 1 is 1.35 bits per heavy atom. The van der Waals surface area contributed by atoms with Gasteiger partial charge in [-0.05, 0) is 31.5 Å². The first-order valence-electron chi connectivity index (χ1n) is 7.30. The molecular weight excluding hydrogens is 312 g/mol. The average Bonchev–Trinajstić information content (AvgIpc) is 2.88. The highest BCUT2D eigenvalue weighted by molar-refractivity contribution is 5.34. The molecule has 0 bridgehead atoms. The average molecular weight is 328 g/mol. The highest BCUT2D eigenvalue weighted by Gasteiger charge is 2.36. The second kappa shape index (κ2) is 5.59. The molecule has 0 saturated heterocycles. The van der Waals surface area contributed by atoms with Crippen molar-refractivity contribution in [1.29, 1.82) is 0 Å². The highest BCUT2D eigenvalue weighted by atomic mass is 19.4. The van der Waals surface area contributed by atoms with Crippen LogP contribution < -0.4 is 5.32 Å². The molecular formula is C15H16F4N4. The van der Waals surface area contributed by atoms with Gasteiger partial charge in [0.25, 0.3) is 0 Å². The van der Waals surface area contributed by atoms with E-state index in [9.17, 15) is 17.6 Å². The van der Waals surface area contributed by atoms with Gasteiger partial charge < -0.3 is 5.32 Å². The Balaban J connectivity index is 2.05. The van der Waals surface area contributed by atoms with Gasteiger partial charge in [0, 0.05) is 19.0 Å². The molecule has 3 rings (SSSR count). The van der Waals surface area contributed by atoms with Crippen molar-refractivity contribution in [2.45, 2.75) is 45.1 Å². The molecule has 2 heterocycles.